The highest BCUT2D eigenvalue weighted by Crippen LogP contribution is 2.40. The summed E-state index contributed by atoms with van der Waals surface area (Å²) in [7, 11) is 0. The lowest BCUT2D eigenvalue weighted by Gasteiger charge is -2.33. The molecule has 114 valence electrons. The number of hydrogen-bond donors (Lipinski definition) is 2. The Kier molecular flexibility index (Phi) is 4.42. The van der Waals surface area contributed by atoms with Gasteiger partial charge < -0.3 is 19.7 Å². The average Bonchev–Trinajstić information content (AvgIpc) is 2.59. The van der Waals surface area contributed by atoms with Crippen LogP contribution in [0.1, 0.15) is 17.2 Å². The van der Waals surface area contributed by atoms with E-state index in [0.717, 1.165) is 11.1 Å². The Morgan fingerprint density at radius 2 is 1.77 bits per heavy atom. The van der Waals surface area contributed by atoms with Crippen LogP contribution in [0.4, 0.5) is 0 Å². The molecular formula is C18H18O4. The fraction of sp³-hybridized carbons (Fsp3) is 0.222. The van der Waals surface area contributed by atoms with Crippen LogP contribution in [0.5, 0.6) is 11.5 Å². The van der Waals surface area contributed by atoms with Gasteiger partial charge >= 0.3 is 0 Å². The van der Waals surface area contributed by atoms with Gasteiger partial charge in [0, 0.05) is 0 Å². The number of rotatable bonds is 4. The van der Waals surface area contributed by atoms with Gasteiger partial charge in [-0.25, -0.2) is 0 Å². The third-order valence-corrected chi connectivity index (χ3v) is 3.56. The standard InChI is InChI=1S/C18H18O4/c19-10-4-5-13-8-9-15-16(11-13)21-17(12-20)18(22-15)14-6-2-1-3-7-14/h1-9,11,17-20H,10,12H2/b5-4+/t17-,18-/m1/s1. The van der Waals surface area contributed by atoms with Crippen LogP contribution in [0.3, 0.4) is 0 Å². The van der Waals surface area contributed by atoms with Crippen molar-refractivity contribution in [2.75, 3.05) is 13.2 Å². The largest absolute Gasteiger partial charge is 0.480 e. The van der Waals surface area contributed by atoms with Crippen LogP contribution in [0.25, 0.3) is 6.08 Å². The lowest BCUT2D eigenvalue weighted by molar-refractivity contribution is -0.0123. The van der Waals surface area contributed by atoms with Crippen LogP contribution in [0.2, 0.25) is 0 Å². The molecule has 0 saturated carbocycles. The molecule has 0 radical (unpaired) electrons. The van der Waals surface area contributed by atoms with Crippen LogP contribution in [-0.2, 0) is 0 Å². The number of ether oxygens (including phenoxy) is 2. The van der Waals surface area contributed by atoms with Gasteiger partial charge in [-0.15, -0.1) is 0 Å². The van der Waals surface area contributed by atoms with E-state index in [1.807, 2.05) is 48.5 Å². The first-order valence-electron chi connectivity index (χ1n) is 7.22. The number of hydrogen-bond acceptors (Lipinski definition) is 4. The number of fused-ring (bicyclic) bond motifs is 1. The maximum Gasteiger partial charge on any atom is 0.163 e. The molecule has 4 nitrogen and oxygen atoms in total. The maximum atomic E-state index is 9.61. The Balaban J connectivity index is 1.90. The SMILES string of the molecule is OC/C=C/c1ccc2c(c1)O[C@H](CO)[C@@H](c1ccccc1)O2. The highest BCUT2D eigenvalue weighted by atomic mass is 16.6. The molecule has 4 heteroatoms. The van der Waals surface area contributed by atoms with E-state index in [9.17, 15) is 5.11 Å². The summed E-state index contributed by atoms with van der Waals surface area (Å²) < 4.78 is 11.9. The molecule has 0 aliphatic carbocycles. The van der Waals surface area contributed by atoms with Crippen LogP contribution >= 0.6 is 0 Å². The molecule has 0 aromatic heterocycles. The zero-order valence-electron chi connectivity index (χ0n) is 12.1. The van der Waals surface area contributed by atoms with E-state index in [-0.39, 0.29) is 19.3 Å². The number of aliphatic hydroxyl groups is 2. The minimum Gasteiger partial charge on any atom is -0.480 e. The van der Waals surface area contributed by atoms with E-state index >= 15 is 0 Å². The Morgan fingerprint density at radius 3 is 2.50 bits per heavy atom. The van der Waals surface area contributed by atoms with E-state index in [4.69, 9.17) is 14.6 Å². The van der Waals surface area contributed by atoms with Gasteiger partial charge in [-0.2, -0.15) is 0 Å². The third kappa shape index (κ3) is 2.98. The Bertz CT molecular complexity index is 651. The van der Waals surface area contributed by atoms with Crippen molar-refractivity contribution in [3.8, 4) is 11.5 Å². The summed E-state index contributed by atoms with van der Waals surface area (Å²) in [4.78, 5) is 0. The van der Waals surface area contributed by atoms with Crippen molar-refractivity contribution in [2.45, 2.75) is 12.2 Å². The topological polar surface area (TPSA) is 58.9 Å². The summed E-state index contributed by atoms with van der Waals surface area (Å²) in [5.74, 6) is 1.26. The summed E-state index contributed by atoms with van der Waals surface area (Å²) in [6.07, 6.45) is 2.67. The van der Waals surface area contributed by atoms with E-state index in [2.05, 4.69) is 0 Å². The van der Waals surface area contributed by atoms with Gasteiger partial charge in [0.2, 0.25) is 0 Å². The van der Waals surface area contributed by atoms with Crippen molar-refractivity contribution in [1.82, 2.24) is 0 Å². The first-order valence-corrected chi connectivity index (χ1v) is 7.22. The second-order valence-corrected chi connectivity index (χ2v) is 5.08. The van der Waals surface area contributed by atoms with Crippen molar-refractivity contribution in [3.63, 3.8) is 0 Å². The predicted octanol–water partition coefficient (Wildman–Crippen LogP) is 2.57. The molecule has 3 rings (SSSR count). The van der Waals surface area contributed by atoms with Crippen molar-refractivity contribution in [3.05, 3.63) is 65.7 Å². The van der Waals surface area contributed by atoms with Gasteiger partial charge in [0.15, 0.2) is 23.7 Å². The molecule has 0 spiro atoms. The fourth-order valence-electron chi connectivity index (χ4n) is 2.50. The molecule has 0 bridgehead atoms. The van der Waals surface area contributed by atoms with Crippen LogP contribution < -0.4 is 9.47 Å². The fourth-order valence-corrected chi connectivity index (χ4v) is 2.50. The molecule has 1 heterocycles. The third-order valence-electron chi connectivity index (χ3n) is 3.56. The first kappa shape index (κ1) is 14.6. The average molecular weight is 298 g/mol. The predicted molar refractivity (Wildman–Crippen MR) is 83.9 cm³/mol. The molecule has 1 aliphatic rings. The van der Waals surface area contributed by atoms with Crippen molar-refractivity contribution >= 4 is 6.08 Å². The summed E-state index contributed by atoms with van der Waals surface area (Å²) >= 11 is 0. The van der Waals surface area contributed by atoms with E-state index < -0.39 is 6.10 Å². The van der Waals surface area contributed by atoms with Crippen LogP contribution in [0, 0.1) is 0 Å². The number of benzene rings is 2. The van der Waals surface area contributed by atoms with Crippen LogP contribution in [-0.4, -0.2) is 29.5 Å². The quantitative estimate of drug-likeness (QED) is 0.911. The molecule has 0 unspecified atom stereocenters. The monoisotopic (exact) mass is 298 g/mol. The van der Waals surface area contributed by atoms with E-state index in [1.165, 1.54) is 0 Å². The molecule has 2 atom stereocenters. The van der Waals surface area contributed by atoms with E-state index in [1.54, 1.807) is 12.2 Å². The van der Waals surface area contributed by atoms with Crippen LogP contribution in [0.15, 0.2) is 54.6 Å². The Labute approximate surface area is 129 Å². The highest BCUT2D eigenvalue weighted by Gasteiger charge is 2.32. The minimum absolute atomic E-state index is 0.0101. The molecule has 2 N–H and O–H groups in total. The molecule has 0 saturated heterocycles. The van der Waals surface area contributed by atoms with Gasteiger partial charge in [0.05, 0.1) is 13.2 Å². The number of aliphatic hydroxyl groups excluding tert-OH is 2. The molecular weight excluding hydrogens is 280 g/mol. The normalized spacial score (nSPS) is 20.3. The van der Waals surface area contributed by atoms with Crippen molar-refractivity contribution < 1.29 is 19.7 Å². The second-order valence-electron chi connectivity index (χ2n) is 5.08. The highest BCUT2D eigenvalue weighted by molar-refractivity contribution is 5.56. The molecule has 2 aromatic carbocycles. The van der Waals surface area contributed by atoms with Crippen molar-refractivity contribution in [1.29, 1.82) is 0 Å². The van der Waals surface area contributed by atoms with Gasteiger partial charge in [0.1, 0.15) is 0 Å². The van der Waals surface area contributed by atoms with Gasteiger partial charge in [-0.05, 0) is 23.3 Å². The zero-order chi connectivity index (χ0) is 15.4. The van der Waals surface area contributed by atoms with E-state index in [0.29, 0.717) is 11.5 Å². The summed E-state index contributed by atoms with van der Waals surface area (Å²) in [6, 6.07) is 15.3. The van der Waals surface area contributed by atoms with Gasteiger partial charge in [-0.1, -0.05) is 48.6 Å². The lowest BCUT2D eigenvalue weighted by atomic mass is 10.0. The molecule has 0 fully saturated rings. The lowest BCUT2D eigenvalue weighted by Crippen LogP contribution is -2.36. The Morgan fingerprint density at radius 1 is 0.955 bits per heavy atom. The minimum atomic E-state index is -0.452. The smallest absolute Gasteiger partial charge is 0.163 e. The molecule has 1 aliphatic heterocycles. The van der Waals surface area contributed by atoms with Crippen molar-refractivity contribution in [2.24, 2.45) is 0 Å². The van der Waals surface area contributed by atoms with Gasteiger partial charge in [-0.3, -0.25) is 0 Å². The maximum absolute atomic E-state index is 9.61. The van der Waals surface area contributed by atoms with Gasteiger partial charge in [0.25, 0.3) is 0 Å². The Hall–Kier alpha value is -2.30. The summed E-state index contributed by atoms with van der Waals surface area (Å²) in [5.41, 5.74) is 1.88. The first-order chi connectivity index (χ1) is 10.8. The molecule has 0 amide bonds. The molecule has 22 heavy (non-hydrogen) atoms. The summed E-state index contributed by atoms with van der Waals surface area (Å²) in [6.45, 7) is -0.139. The summed E-state index contributed by atoms with van der Waals surface area (Å²) in [5, 5.41) is 18.4. The second kappa shape index (κ2) is 6.64. The molecule has 2 aromatic rings. The zero-order valence-corrected chi connectivity index (χ0v) is 12.1.